The van der Waals surface area contributed by atoms with E-state index in [-0.39, 0.29) is 11.3 Å². The van der Waals surface area contributed by atoms with E-state index in [0.29, 0.717) is 5.69 Å². The first kappa shape index (κ1) is 14.9. The Hall–Kier alpha value is -3.49. The number of nitro benzene ring substituents is 2. The van der Waals surface area contributed by atoms with Gasteiger partial charge in [-0.15, -0.1) is 0 Å². The average Bonchev–Trinajstić information content (AvgIpc) is 2.47. The third-order valence-electron chi connectivity index (χ3n) is 2.79. The second-order valence-electron chi connectivity index (χ2n) is 4.21. The van der Waals surface area contributed by atoms with Crippen LogP contribution in [0.5, 0.6) is 0 Å². The smallest absolute Gasteiger partial charge is 0.299 e. The van der Waals surface area contributed by atoms with Gasteiger partial charge in [-0.3, -0.25) is 20.2 Å². The third-order valence-corrected chi connectivity index (χ3v) is 2.79. The maximum atomic E-state index is 11.0. The molecule has 0 saturated carbocycles. The summed E-state index contributed by atoms with van der Waals surface area (Å²) in [5.41, 5.74) is -0.453. The Morgan fingerprint density at radius 2 is 1.59 bits per heavy atom. The maximum absolute atomic E-state index is 11.0. The molecule has 0 unspecified atom stereocenters. The van der Waals surface area contributed by atoms with Crippen LogP contribution in [0.2, 0.25) is 0 Å². The van der Waals surface area contributed by atoms with Gasteiger partial charge in [-0.05, 0) is 23.8 Å². The number of aromatic carboxylic acids is 1. The largest absolute Gasteiger partial charge is 0.545 e. The maximum Gasteiger partial charge on any atom is 0.299 e. The van der Waals surface area contributed by atoms with Gasteiger partial charge in [0.25, 0.3) is 11.4 Å². The minimum absolute atomic E-state index is 0.0382. The molecule has 0 bridgehead atoms. The lowest BCUT2D eigenvalue weighted by Gasteiger charge is -2.08. The van der Waals surface area contributed by atoms with Crippen molar-refractivity contribution in [3.63, 3.8) is 0 Å². The number of carbonyl (C=O) groups excluding carboxylic acids is 1. The molecular weight excluding hydrogens is 294 g/mol. The van der Waals surface area contributed by atoms with E-state index in [9.17, 15) is 30.1 Å². The summed E-state index contributed by atoms with van der Waals surface area (Å²) in [6.45, 7) is 0. The first-order valence-electron chi connectivity index (χ1n) is 5.90. The lowest BCUT2D eigenvalue weighted by Crippen LogP contribution is -2.21. The monoisotopic (exact) mass is 302 g/mol. The Kier molecular flexibility index (Phi) is 3.98. The molecule has 112 valence electrons. The topological polar surface area (TPSA) is 138 Å². The number of hydrogen-bond donors (Lipinski definition) is 1. The molecule has 0 fully saturated rings. The number of carboxylic acid groups (broad SMARTS) is 1. The lowest BCUT2D eigenvalue weighted by atomic mass is 10.2. The van der Waals surface area contributed by atoms with Crippen LogP contribution in [-0.4, -0.2) is 15.8 Å². The molecule has 0 aliphatic carbocycles. The molecule has 1 N–H and O–H groups in total. The highest BCUT2D eigenvalue weighted by atomic mass is 16.6. The highest BCUT2D eigenvalue weighted by molar-refractivity contribution is 5.86. The van der Waals surface area contributed by atoms with Crippen LogP contribution < -0.4 is 10.4 Å². The second kappa shape index (κ2) is 5.87. The molecule has 0 aromatic heterocycles. The fraction of sp³-hybridized carbons (Fsp3) is 0. The van der Waals surface area contributed by atoms with Crippen molar-refractivity contribution in [1.29, 1.82) is 0 Å². The number of anilines is 2. The molecular formula is C13H8N3O6-. The summed E-state index contributed by atoms with van der Waals surface area (Å²) in [4.78, 5) is 30.8. The number of benzene rings is 2. The SMILES string of the molecule is O=C([O-])c1ccc(Nc2ccc([N+](=O)[O-])cc2[N+](=O)[O-])cc1. The van der Waals surface area contributed by atoms with Crippen molar-refractivity contribution in [2.24, 2.45) is 0 Å². The molecule has 0 saturated heterocycles. The highest BCUT2D eigenvalue weighted by Crippen LogP contribution is 2.31. The Balaban J connectivity index is 2.34. The number of non-ortho nitro benzene ring substituents is 1. The molecule has 2 rings (SSSR count). The van der Waals surface area contributed by atoms with Gasteiger partial charge in [-0.2, -0.15) is 0 Å². The van der Waals surface area contributed by atoms with Gasteiger partial charge in [0.2, 0.25) is 0 Å². The van der Waals surface area contributed by atoms with E-state index in [1.807, 2.05) is 0 Å². The van der Waals surface area contributed by atoms with Gasteiger partial charge in [0.1, 0.15) is 5.69 Å². The predicted octanol–water partition coefficient (Wildman–Crippen LogP) is 1.61. The number of carbonyl (C=O) groups is 1. The van der Waals surface area contributed by atoms with Crippen LogP contribution in [0.3, 0.4) is 0 Å². The molecule has 0 amide bonds. The molecule has 0 heterocycles. The molecule has 0 radical (unpaired) electrons. The van der Waals surface area contributed by atoms with Gasteiger partial charge in [0.05, 0.1) is 21.9 Å². The van der Waals surface area contributed by atoms with E-state index in [0.717, 1.165) is 12.1 Å². The van der Waals surface area contributed by atoms with Crippen molar-refractivity contribution in [3.05, 3.63) is 68.3 Å². The zero-order chi connectivity index (χ0) is 16.3. The molecule has 0 aliphatic rings. The van der Waals surface area contributed by atoms with Gasteiger partial charge in [0, 0.05) is 11.8 Å². The summed E-state index contributed by atoms with van der Waals surface area (Å²) < 4.78 is 0. The summed E-state index contributed by atoms with van der Waals surface area (Å²) in [7, 11) is 0. The van der Waals surface area contributed by atoms with Crippen LogP contribution in [0.4, 0.5) is 22.7 Å². The van der Waals surface area contributed by atoms with Crippen molar-refractivity contribution in [2.75, 3.05) is 5.32 Å². The third kappa shape index (κ3) is 3.15. The van der Waals surface area contributed by atoms with Crippen LogP contribution in [0.15, 0.2) is 42.5 Å². The van der Waals surface area contributed by atoms with Gasteiger partial charge in [-0.1, -0.05) is 12.1 Å². The fourth-order valence-corrected chi connectivity index (χ4v) is 1.74. The van der Waals surface area contributed by atoms with E-state index >= 15 is 0 Å². The number of hydrogen-bond acceptors (Lipinski definition) is 7. The zero-order valence-corrected chi connectivity index (χ0v) is 10.9. The van der Waals surface area contributed by atoms with Crippen LogP contribution >= 0.6 is 0 Å². The summed E-state index contributed by atoms with van der Waals surface area (Å²) in [5, 5.41) is 35.0. The van der Waals surface area contributed by atoms with Crippen LogP contribution in [0.1, 0.15) is 10.4 Å². The zero-order valence-electron chi connectivity index (χ0n) is 10.9. The first-order chi connectivity index (χ1) is 10.4. The van der Waals surface area contributed by atoms with Gasteiger partial charge >= 0.3 is 0 Å². The van der Waals surface area contributed by atoms with Crippen molar-refractivity contribution in [1.82, 2.24) is 0 Å². The molecule has 22 heavy (non-hydrogen) atoms. The van der Waals surface area contributed by atoms with E-state index in [1.54, 1.807) is 0 Å². The van der Waals surface area contributed by atoms with Gasteiger partial charge in [0.15, 0.2) is 0 Å². The Labute approximate surface area is 123 Å². The summed E-state index contributed by atoms with van der Waals surface area (Å²) in [6.07, 6.45) is 0. The number of carboxylic acids is 1. The minimum atomic E-state index is -1.34. The van der Waals surface area contributed by atoms with E-state index in [1.165, 1.54) is 30.3 Å². The standard InChI is InChI=1S/C13H9N3O6/c17-13(18)8-1-3-9(4-2-8)14-11-6-5-10(15(19)20)7-12(11)16(21)22/h1-7,14H,(H,17,18)/p-1. The minimum Gasteiger partial charge on any atom is -0.545 e. The van der Waals surface area contributed by atoms with Crippen LogP contribution in [0.25, 0.3) is 0 Å². The summed E-state index contributed by atoms with van der Waals surface area (Å²) in [6, 6.07) is 8.53. The normalized spacial score (nSPS) is 10.0. The van der Waals surface area contributed by atoms with E-state index in [2.05, 4.69) is 5.32 Å². The van der Waals surface area contributed by atoms with Gasteiger partial charge in [-0.25, -0.2) is 0 Å². The number of nitro groups is 2. The first-order valence-corrected chi connectivity index (χ1v) is 5.90. The fourth-order valence-electron chi connectivity index (χ4n) is 1.74. The van der Waals surface area contributed by atoms with Crippen LogP contribution in [0, 0.1) is 20.2 Å². The highest BCUT2D eigenvalue weighted by Gasteiger charge is 2.19. The summed E-state index contributed by atoms with van der Waals surface area (Å²) >= 11 is 0. The lowest BCUT2D eigenvalue weighted by molar-refractivity contribution is -0.393. The molecule has 9 nitrogen and oxygen atoms in total. The Morgan fingerprint density at radius 1 is 0.955 bits per heavy atom. The second-order valence-corrected chi connectivity index (χ2v) is 4.21. The van der Waals surface area contributed by atoms with E-state index < -0.39 is 27.2 Å². The van der Waals surface area contributed by atoms with E-state index in [4.69, 9.17) is 0 Å². The molecule has 9 heteroatoms. The van der Waals surface area contributed by atoms with Crippen molar-refractivity contribution >= 4 is 28.7 Å². The number of nitrogens with one attached hydrogen (secondary N) is 1. The Bertz CT molecular complexity index is 757. The molecule has 2 aromatic rings. The average molecular weight is 302 g/mol. The molecule has 0 spiro atoms. The van der Waals surface area contributed by atoms with Crippen molar-refractivity contribution < 1.29 is 19.7 Å². The van der Waals surface area contributed by atoms with Crippen LogP contribution in [-0.2, 0) is 0 Å². The molecule has 2 aromatic carbocycles. The summed E-state index contributed by atoms with van der Waals surface area (Å²) in [5.74, 6) is -1.34. The number of rotatable bonds is 5. The Morgan fingerprint density at radius 3 is 2.09 bits per heavy atom. The van der Waals surface area contributed by atoms with Crippen molar-refractivity contribution in [2.45, 2.75) is 0 Å². The quantitative estimate of drug-likeness (QED) is 0.653. The molecule has 0 aliphatic heterocycles. The van der Waals surface area contributed by atoms with Gasteiger partial charge < -0.3 is 15.2 Å². The van der Waals surface area contributed by atoms with Crippen molar-refractivity contribution in [3.8, 4) is 0 Å². The predicted molar refractivity (Wildman–Crippen MR) is 73.8 cm³/mol. The number of nitrogens with zero attached hydrogens (tertiary/aromatic N) is 2. The molecule has 0 atom stereocenters.